The number of aromatic nitrogens is 1. The molecule has 2 aliphatic rings. The monoisotopic (exact) mass is 378 g/mol. The number of ether oxygens (including phenoxy) is 2. The van der Waals surface area contributed by atoms with E-state index in [1.54, 1.807) is 29.5 Å². The van der Waals surface area contributed by atoms with Crippen LogP contribution in [0.4, 0.5) is 0 Å². The number of hydrogen-bond donors (Lipinski definition) is 0. The average Bonchev–Trinajstić information content (AvgIpc) is 3.12. The predicted molar refractivity (Wildman–Crippen MR) is 96.0 cm³/mol. The van der Waals surface area contributed by atoms with Gasteiger partial charge in [0.2, 0.25) is 0 Å². The number of halogens is 1. The van der Waals surface area contributed by atoms with E-state index in [2.05, 4.69) is 9.56 Å². The first-order valence-electron chi connectivity index (χ1n) is 8.37. The van der Waals surface area contributed by atoms with Gasteiger partial charge in [-0.25, -0.2) is 0 Å². The molecule has 25 heavy (non-hydrogen) atoms. The molecule has 1 aromatic carbocycles. The Bertz CT molecular complexity index is 883. The lowest BCUT2D eigenvalue weighted by molar-refractivity contribution is 0.0993. The Morgan fingerprint density at radius 2 is 2.28 bits per heavy atom. The van der Waals surface area contributed by atoms with E-state index in [-0.39, 0.29) is 5.91 Å². The van der Waals surface area contributed by atoms with Crippen molar-refractivity contribution in [1.29, 1.82) is 0 Å². The van der Waals surface area contributed by atoms with Crippen molar-refractivity contribution < 1.29 is 14.3 Å². The van der Waals surface area contributed by atoms with Crippen LogP contribution in [0, 0.1) is 5.92 Å². The maximum atomic E-state index is 12.8. The number of hydrogen-bond acceptors (Lipinski definition) is 4. The molecule has 2 aromatic rings. The molecule has 5 nitrogen and oxygen atoms in total. The summed E-state index contributed by atoms with van der Waals surface area (Å²) in [4.78, 5) is 19.1. The van der Waals surface area contributed by atoms with Crippen LogP contribution in [0.15, 0.2) is 23.2 Å². The van der Waals surface area contributed by atoms with Crippen LogP contribution < -0.4 is 9.54 Å². The standard InChI is InChI=1S/C18H19ClN2O3S/c1-23-15-6-5-12(19)7-13(15)17(22)20-18-21(8-11-3-2-4-11)14-9-24-10-16(14)25-18/h5-7,11H,2-4,8-10H2,1H3/b20-18-. The third-order valence-electron chi connectivity index (χ3n) is 4.82. The van der Waals surface area contributed by atoms with E-state index in [1.807, 2.05) is 0 Å². The summed E-state index contributed by atoms with van der Waals surface area (Å²) in [5.74, 6) is 0.827. The van der Waals surface area contributed by atoms with Gasteiger partial charge in [0, 0.05) is 11.6 Å². The smallest absolute Gasteiger partial charge is 0.283 e. The predicted octanol–water partition coefficient (Wildman–Crippen LogP) is 3.78. The number of thiazole rings is 1. The maximum absolute atomic E-state index is 12.8. The molecule has 1 aromatic heterocycles. The summed E-state index contributed by atoms with van der Waals surface area (Å²) >= 11 is 7.58. The SMILES string of the molecule is COc1ccc(Cl)cc1C(=O)/N=c1\sc2c(n1CC1CCC1)COC2. The van der Waals surface area contributed by atoms with Crippen molar-refractivity contribution in [2.24, 2.45) is 10.9 Å². The molecule has 0 unspecified atom stereocenters. The molecule has 0 atom stereocenters. The van der Waals surface area contributed by atoms with Crippen LogP contribution in [0.2, 0.25) is 5.02 Å². The number of carbonyl (C=O) groups is 1. The molecule has 0 saturated heterocycles. The molecule has 0 spiro atoms. The first-order chi connectivity index (χ1) is 12.2. The number of nitrogens with zero attached hydrogens (tertiary/aromatic N) is 2. The summed E-state index contributed by atoms with van der Waals surface area (Å²) in [6.07, 6.45) is 3.78. The van der Waals surface area contributed by atoms with Crippen molar-refractivity contribution >= 4 is 28.8 Å². The first kappa shape index (κ1) is 16.8. The number of carbonyl (C=O) groups excluding carboxylic acids is 1. The summed E-state index contributed by atoms with van der Waals surface area (Å²) in [5.41, 5.74) is 1.55. The topological polar surface area (TPSA) is 52.8 Å². The average molecular weight is 379 g/mol. The van der Waals surface area contributed by atoms with Gasteiger partial charge < -0.3 is 14.0 Å². The van der Waals surface area contributed by atoms with Gasteiger partial charge >= 0.3 is 0 Å². The van der Waals surface area contributed by atoms with E-state index in [0.717, 1.165) is 11.3 Å². The maximum Gasteiger partial charge on any atom is 0.283 e. The highest BCUT2D eigenvalue weighted by Crippen LogP contribution is 2.30. The van der Waals surface area contributed by atoms with Gasteiger partial charge in [0.1, 0.15) is 5.75 Å². The third kappa shape index (κ3) is 3.26. The van der Waals surface area contributed by atoms with E-state index in [9.17, 15) is 4.79 Å². The molecule has 1 aliphatic heterocycles. The molecule has 4 rings (SSSR count). The molecule has 0 radical (unpaired) electrons. The van der Waals surface area contributed by atoms with Crippen LogP contribution in [0.25, 0.3) is 0 Å². The van der Waals surface area contributed by atoms with E-state index in [0.29, 0.717) is 35.5 Å². The normalized spacial score (nSPS) is 17.4. The summed E-state index contributed by atoms with van der Waals surface area (Å²) in [6.45, 7) is 2.12. The second kappa shape index (κ2) is 6.94. The zero-order chi connectivity index (χ0) is 17.4. The Morgan fingerprint density at radius 1 is 1.44 bits per heavy atom. The molecule has 7 heteroatoms. The van der Waals surface area contributed by atoms with Gasteiger partial charge in [0.25, 0.3) is 5.91 Å². The second-order valence-electron chi connectivity index (χ2n) is 6.42. The number of rotatable bonds is 4. The second-order valence-corrected chi connectivity index (χ2v) is 7.91. The van der Waals surface area contributed by atoms with Crippen LogP contribution in [-0.4, -0.2) is 17.6 Å². The molecule has 132 valence electrons. The Morgan fingerprint density at radius 3 is 3.00 bits per heavy atom. The quantitative estimate of drug-likeness (QED) is 0.813. The Balaban J connectivity index is 1.73. The van der Waals surface area contributed by atoms with Crippen LogP contribution in [0.3, 0.4) is 0 Å². The molecule has 1 saturated carbocycles. The Hall–Kier alpha value is -1.63. The van der Waals surface area contributed by atoms with Gasteiger partial charge in [-0.05, 0) is 37.0 Å². The van der Waals surface area contributed by atoms with E-state index in [4.69, 9.17) is 21.1 Å². The molecule has 0 bridgehead atoms. The van der Waals surface area contributed by atoms with Gasteiger partial charge in [-0.15, -0.1) is 0 Å². The number of fused-ring (bicyclic) bond motifs is 1. The zero-order valence-electron chi connectivity index (χ0n) is 14.0. The molecule has 0 N–H and O–H groups in total. The van der Waals surface area contributed by atoms with Gasteiger partial charge in [-0.2, -0.15) is 4.99 Å². The number of methoxy groups -OCH3 is 1. The number of benzene rings is 1. The zero-order valence-corrected chi connectivity index (χ0v) is 15.5. The minimum Gasteiger partial charge on any atom is -0.496 e. The Kier molecular flexibility index (Phi) is 4.67. The summed E-state index contributed by atoms with van der Waals surface area (Å²) in [5, 5.41) is 0.490. The Labute approximate surface area is 154 Å². The van der Waals surface area contributed by atoms with Crippen molar-refractivity contribution in [3.8, 4) is 5.75 Å². The summed E-state index contributed by atoms with van der Waals surface area (Å²) in [7, 11) is 1.54. The lowest BCUT2D eigenvalue weighted by Crippen LogP contribution is -2.26. The van der Waals surface area contributed by atoms with Crippen molar-refractivity contribution in [3.63, 3.8) is 0 Å². The summed E-state index contributed by atoms with van der Waals surface area (Å²) < 4.78 is 13.0. The number of amides is 1. The van der Waals surface area contributed by atoms with Gasteiger partial charge in [-0.1, -0.05) is 29.4 Å². The molecule has 1 amide bonds. The van der Waals surface area contributed by atoms with Crippen LogP contribution in [0.5, 0.6) is 5.75 Å². The van der Waals surface area contributed by atoms with Crippen molar-refractivity contribution in [2.75, 3.05) is 7.11 Å². The lowest BCUT2D eigenvalue weighted by atomic mass is 9.85. The minimum atomic E-state index is -0.331. The van der Waals surface area contributed by atoms with Crippen LogP contribution in [-0.2, 0) is 24.5 Å². The lowest BCUT2D eigenvalue weighted by Gasteiger charge is -2.26. The van der Waals surface area contributed by atoms with Gasteiger partial charge in [-0.3, -0.25) is 4.79 Å². The highest BCUT2D eigenvalue weighted by molar-refractivity contribution is 7.09. The highest BCUT2D eigenvalue weighted by atomic mass is 35.5. The molecule has 1 fully saturated rings. The van der Waals surface area contributed by atoms with Crippen molar-refractivity contribution in [3.05, 3.63) is 44.2 Å². The highest BCUT2D eigenvalue weighted by Gasteiger charge is 2.25. The molecular formula is C18H19ClN2O3S. The fourth-order valence-corrected chi connectivity index (χ4v) is 4.45. The fraction of sp³-hybridized carbons (Fsp3) is 0.444. The summed E-state index contributed by atoms with van der Waals surface area (Å²) in [6, 6.07) is 4.99. The van der Waals surface area contributed by atoms with Gasteiger partial charge in [0.15, 0.2) is 4.80 Å². The van der Waals surface area contributed by atoms with E-state index in [1.165, 1.54) is 36.9 Å². The fourth-order valence-electron chi connectivity index (χ4n) is 3.20. The third-order valence-corrected chi connectivity index (χ3v) is 6.15. The molecule has 1 aliphatic carbocycles. The van der Waals surface area contributed by atoms with E-state index >= 15 is 0 Å². The first-order valence-corrected chi connectivity index (χ1v) is 9.57. The van der Waals surface area contributed by atoms with Crippen molar-refractivity contribution in [1.82, 2.24) is 4.57 Å². The van der Waals surface area contributed by atoms with Crippen LogP contribution >= 0.6 is 22.9 Å². The van der Waals surface area contributed by atoms with Crippen LogP contribution in [0.1, 0.15) is 40.2 Å². The molecular weight excluding hydrogens is 360 g/mol. The largest absolute Gasteiger partial charge is 0.496 e. The van der Waals surface area contributed by atoms with E-state index < -0.39 is 0 Å². The molecule has 2 heterocycles. The van der Waals surface area contributed by atoms with Gasteiger partial charge in [0.05, 0.1) is 36.5 Å². The van der Waals surface area contributed by atoms with Crippen molar-refractivity contribution in [2.45, 2.75) is 39.0 Å². The minimum absolute atomic E-state index is 0.331.